The summed E-state index contributed by atoms with van der Waals surface area (Å²) in [6.07, 6.45) is 0.748. The van der Waals surface area contributed by atoms with Gasteiger partial charge >= 0.3 is 0 Å². The van der Waals surface area contributed by atoms with E-state index in [-0.39, 0.29) is 5.91 Å². The number of carbonyl (C=O) groups excluding carboxylic acids is 1. The van der Waals surface area contributed by atoms with Gasteiger partial charge in [-0.1, -0.05) is 36.4 Å². The summed E-state index contributed by atoms with van der Waals surface area (Å²) in [5.41, 5.74) is 4.14. The van der Waals surface area contributed by atoms with E-state index in [0.717, 1.165) is 67.7 Å². The molecule has 0 N–H and O–H groups in total. The number of rotatable bonds is 5. The van der Waals surface area contributed by atoms with Gasteiger partial charge in [-0.3, -0.25) is 4.79 Å². The quantitative estimate of drug-likeness (QED) is 0.586. The molecule has 0 spiro atoms. The van der Waals surface area contributed by atoms with Crippen molar-refractivity contribution in [3.63, 3.8) is 0 Å². The van der Waals surface area contributed by atoms with Crippen LogP contribution in [0.15, 0.2) is 60.7 Å². The number of nitrogens with zero attached hydrogens (tertiary/aromatic N) is 6. The van der Waals surface area contributed by atoms with Gasteiger partial charge in [0.2, 0.25) is 5.95 Å². The van der Waals surface area contributed by atoms with E-state index < -0.39 is 0 Å². The van der Waals surface area contributed by atoms with E-state index in [4.69, 9.17) is 9.97 Å². The lowest BCUT2D eigenvalue weighted by Crippen LogP contribution is -2.47. The zero-order chi connectivity index (χ0) is 23.5. The Morgan fingerprint density at radius 1 is 0.882 bits per heavy atom. The molecule has 176 valence electrons. The first-order valence-electron chi connectivity index (χ1n) is 12.1. The summed E-state index contributed by atoms with van der Waals surface area (Å²) in [6.45, 7) is 7.87. The van der Waals surface area contributed by atoms with Crippen molar-refractivity contribution in [3.05, 3.63) is 77.5 Å². The first-order chi connectivity index (χ1) is 16.6. The minimum absolute atomic E-state index is 0.0671. The third-order valence-electron chi connectivity index (χ3n) is 6.85. The molecule has 7 heteroatoms. The molecule has 2 aliphatic heterocycles. The van der Waals surface area contributed by atoms with Crippen molar-refractivity contribution in [2.24, 2.45) is 0 Å². The predicted molar refractivity (Wildman–Crippen MR) is 137 cm³/mol. The number of hydrogen-bond donors (Lipinski definition) is 0. The fourth-order valence-corrected chi connectivity index (χ4v) is 4.73. The highest BCUT2D eigenvalue weighted by molar-refractivity contribution is 5.94. The van der Waals surface area contributed by atoms with Gasteiger partial charge in [-0.2, -0.15) is 4.98 Å². The van der Waals surface area contributed by atoms with Crippen LogP contribution in [0.4, 0.5) is 17.5 Å². The Bertz CT molecular complexity index is 1130. The topological polar surface area (TPSA) is 55.8 Å². The summed E-state index contributed by atoms with van der Waals surface area (Å²) in [7, 11) is 2.07. The van der Waals surface area contributed by atoms with Gasteiger partial charge in [0.1, 0.15) is 5.82 Å². The zero-order valence-corrected chi connectivity index (χ0v) is 20.0. The number of anilines is 3. The fourth-order valence-electron chi connectivity index (χ4n) is 4.73. The Morgan fingerprint density at radius 3 is 2.21 bits per heavy atom. The van der Waals surface area contributed by atoms with Crippen LogP contribution < -0.4 is 14.7 Å². The van der Waals surface area contributed by atoms with Gasteiger partial charge in [0, 0.05) is 69.6 Å². The second kappa shape index (κ2) is 9.71. The van der Waals surface area contributed by atoms with Crippen LogP contribution in [0.3, 0.4) is 0 Å². The minimum atomic E-state index is 0.0671. The third kappa shape index (κ3) is 4.42. The van der Waals surface area contributed by atoms with E-state index in [1.165, 1.54) is 5.69 Å². The maximum atomic E-state index is 13.1. The molecule has 0 radical (unpaired) electrons. The molecule has 0 atom stereocenters. The number of aromatic nitrogens is 2. The summed E-state index contributed by atoms with van der Waals surface area (Å²) >= 11 is 0. The Morgan fingerprint density at radius 2 is 1.53 bits per heavy atom. The summed E-state index contributed by atoms with van der Waals surface area (Å²) in [5, 5.41) is 0. The van der Waals surface area contributed by atoms with E-state index in [9.17, 15) is 4.79 Å². The van der Waals surface area contributed by atoms with E-state index in [1.807, 2.05) is 35.2 Å². The molecule has 3 aromatic rings. The average Bonchev–Trinajstić information content (AvgIpc) is 2.92. The second-order valence-corrected chi connectivity index (χ2v) is 8.94. The van der Waals surface area contributed by atoms with Crippen molar-refractivity contribution in [3.8, 4) is 0 Å². The van der Waals surface area contributed by atoms with Gasteiger partial charge < -0.3 is 19.6 Å². The number of amides is 1. The highest BCUT2D eigenvalue weighted by atomic mass is 16.2. The summed E-state index contributed by atoms with van der Waals surface area (Å²) in [5.74, 6) is 1.82. The van der Waals surface area contributed by atoms with Crippen LogP contribution in [0.2, 0.25) is 0 Å². The Labute approximate surface area is 201 Å². The van der Waals surface area contributed by atoms with Crippen LogP contribution in [-0.4, -0.2) is 67.1 Å². The van der Waals surface area contributed by atoms with Crippen LogP contribution in [-0.2, 0) is 13.0 Å². The highest BCUT2D eigenvalue weighted by Crippen LogP contribution is 2.30. The van der Waals surface area contributed by atoms with Gasteiger partial charge in [-0.05, 0) is 31.2 Å². The molecule has 0 aliphatic carbocycles. The maximum Gasteiger partial charge on any atom is 0.254 e. The molecule has 3 heterocycles. The lowest BCUT2D eigenvalue weighted by molar-refractivity contribution is 0.0733. The largest absolute Gasteiger partial charge is 0.368 e. The molecule has 7 nitrogen and oxygen atoms in total. The number of para-hydroxylation sites is 1. The lowest BCUT2D eigenvalue weighted by Gasteiger charge is -2.37. The summed E-state index contributed by atoms with van der Waals surface area (Å²) < 4.78 is 0. The normalized spacial score (nSPS) is 15.8. The third-order valence-corrected chi connectivity index (χ3v) is 6.85. The van der Waals surface area contributed by atoms with E-state index >= 15 is 0 Å². The molecule has 1 saturated heterocycles. The van der Waals surface area contributed by atoms with Crippen LogP contribution in [0.5, 0.6) is 0 Å². The van der Waals surface area contributed by atoms with Gasteiger partial charge in [0.15, 0.2) is 0 Å². The highest BCUT2D eigenvalue weighted by Gasteiger charge is 2.29. The number of fused-ring (bicyclic) bond motifs is 1. The zero-order valence-electron chi connectivity index (χ0n) is 20.0. The fraction of sp³-hybridized carbons (Fsp3) is 0.370. The lowest BCUT2D eigenvalue weighted by atomic mass is 10.0. The monoisotopic (exact) mass is 456 g/mol. The molecular weight excluding hydrogens is 424 g/mol. The van der Waals surface area contributed by atoms with Crippen LogP contribution in [0.1, 0.15) is 28.5 Å². The van der Waals surface area contributed by atoms with E-state index in [0.29, 0.717) is 13.1 Å². The van der Waals surface area contributed by atoms with Gasteiger partial charge in [-0.25, -0.2) is 4.98 Å². The number of benzene rings is 2. The molecule has 0 bridgehead atoms. The van der Waals surface area contributed by atoms with Crippen molar-refractivity contribution in [2.45, 2.75) is 19.9 Å². The Kier molecular flexibility index (Phi) is 6.34. The average molecular weight is 457 g/mol. The molecule has 2 aliphatic rings. The molecule has 0 saturated carbocycles. The SMILES string of the molecule is CCN(C)c1nc(N2CCN(c3ccccc3)CC2)nc2c1CN(C(=O)c1ccccc1)CC2. The van der Waals surface area contributed by atoms with Crippen LogP contribution in [0, 0.1) is 0 Å². The van der Waals surface area contributed by atoms with Crippen molar-refractivity contribution in [1.82, 2.24) is 14.9 Å². The molecule has 34 heavy (non-hydrogen) atoms. The van der Waals surface area contributed by atoms with Crippen molar-refractivity contribution in [2.75, 3.05) is 61.0 Å². The molecule has 1 amide bonds. The molecule has 2 aromatic carbocycles. The number of piperazine rings is 1. The molecule has 1 aromatic heterocycles. The summed E-state index contributed by atoms with van der Waals surface area (Å²) in [6, 6.07) is 20.1. The second-order valence-electron chi connectivity index (χ2n) is 8.94. The molecule has 1 fully saturated rings. The van der Waals surface area contributed by atoms with Crippen molar-refractivity contribution < 1.29 is 4.79 Å². The van der Waals surface area contributed by atoms with Gasteiger partial charge in [0.25, 0.3) is 5.91 Å². The molecular formula is C27H32N6O. The van der Waals surface area contributed by atoms with Crippen molar-refractivity contribution >= 4 is 23.4 Å². The standard InChI is InChI=1S/C27H32N6O/c1-3-30(2)25-23-20-33(26(34)21-10-6-4-7-11-21)15-14-24(23)28-27(29-25)32-18-16-31(17-19-32)22-12-8-5-9-13-22/h4-13H,3,14-20H2,1-2H3. The number of hydrogen-bond acceptors (Lipinski definition) is 6. The Balaban J connectivity index is 1.37. The molecule has 0 unspecified atom stereocenters. The Hall–Kier alpha value is -3.61. The van der Waals surface area contributed by atoms with Crippen LogP contribution in [0.25, 0.3) is 0 Å². The van der Waals surface area contributed by atoms with E-state index in [1.54, 1.807) is 0 Å². The van der Waals surface area contributed by atoms with Crippen molar-refractivity contribution in [1.29, 1.82) is 0 Å². The maximum absolute atomic E-state index is 13.1. The predicted octanol–water partition coefficient (Wildman–Crippen LogP) is 3.46. The first-order valence-corrected chi connectivity index (χ1v) is 12.1. The minimum Gasteiger partial charge on any atom is -0.368 e. The van der Waals surface area contributed by atoms with E-state index in [2.05, 4.69) is 59.0 Å². The van der Waals surface area contributed by atoms with Crippen LogP contribution >= 0.6 is 0 Å². The first kappa shape index (κ1) is 22.2. The van der Waals surface area contributed by atoms with Gasteiger partial charge in [-0.15, -0.1) is 0 Å². The molecule has 5 rings (SSSR count). The summed E-state index contributed by atoms with van der Waals surface area (Å²) in [4.78, 5) is 31.9. The number of carbonyl (C=O) groups is 1. The smallest absolute Gasteiger partial charge is 0.254 e. The van der Waals surface area contributed by atoms with Gasteiger partial charge in [0.05, 0.1) is 12.2 Å².